The summed E-state index contributed by atoms with van der Waals surface area (Å²) in [5, 5.41) is 16.3. The molecule has 3 rings (SSSR count). The van der Waals surface area contributed by atoms with Gasteiger partial charge in [-0.05, 0) is 6.07 Å². The minimum Gasteiger partial charge on any atom is -0.486 e. The summed E-state index contributed by atoms with van der Waals surface area (Å²) in [5.74, 6) is -0.781. The first-order chi connectivity index (χ1) is 15.5. The van der Waals surface area contributed by atoms with E-state index in [4.69, 9.17) is 35.6 Å². The van der Waals surface area contributed by atoms with E-state index >= 15 is 0 Å². The summed E-state index contributed by atoms with van der Waals surface area (Å²) in [7, 11) is 0. The van der Waals surface area contributed by atoms with Crippen LogP contribution in [0.4, 0.5) is 24.7 Å². The molecule has 12 heteroatoms. The van der Waals surface area contributed by atoms with Crippen molar-refractivity contribution in [2.75, 3.05) is 24.7 Å². The molecule has 0 radical (unpaired) electrons. The molecule has 0 unspecified atom stereocenters. The van der Waals surface area contributed by atoms with Crippen LogP contribution in [0.25, 0.3) is 0 Å². The number of aliphatic carboxylic acids is 1. The number of alkyl halides is 3. The third-order valence-corrected chi connectivity index (χ3v) is 4.10. The summed E-state index contributed by atoms with van der Waals surface area (Å²) in [6.45, 7) is 7.95. The van der Waals surface area contributed by atoms with E-state index in [1.807, 2.05) is 12.1 Å². The number of fused-ring (bicyclic) bond motifs is 2. The summed E-state index contributed by atoms with van der Waals surface area (Å²) in [6.07, 6.45) is -1.36. The summed E-state index contributed by atoms with van der Waals surface area (Å²) in [5.41, 5.74) is 13.8. The van der Waals surface area contributed by atoms with Gasteiger partial charge in [-0.15, -0.1) is 0 Å². The molecule has 0 spiro atoms. The van der Waals surface area contributed by atoms with E-state index in [0.717, 1.165) is 5.56 Å². The number of nitrogen functional groups attached to an aromatic ring is 2. The number of hydrogen-bond acceptors (Lipinski definition) is 8. The molecule has 1 aromatic heterocycles. The minimum atomic E-state index is -5.08. The zero-order valence-electron chi connectivity index (χ0n) is 17.1. The van der Waals surface area contributed by atoms with Crippen molar-refractivity contribution in [2.45, 2.75) is 12.6 Å². The van der Waals surface area contributed by atoms with Crippen LogP contribution in [0.5, 0.6) is 23.1 Å². The quantitative estimate of drug-likeness (QED) is 0.464. The molecule has 174 valence electrons. The number of rotatable bonds is 6. The smallest absolute Gasteiger partial charge is 0.486 e. The van der Waals surface area contributed by atoms with Gasteiger partial charge in [-0.1, -0.05) is 25.3 Å². The van der Waals surface area contributed by atoms with Crippen LogP contribution in [0, 0.1) is 11.3 Å². The number of nitrogens with zero attached hydrogens (tertiary/aromatic N) is 2. The number of halogens is 3. The molecule has 0 saturated heterocycles. The molecule has 1 aromatic carbocycles. The number of anilines is 2. The number of ether oxygens (including phenoxy) is 3. The molecule has 2 heterocycles. The Hall–Kier alpha value is -4.40. The molecule has 1 aliphatic rings. The molecule has 0 bridgehead atoms. The number of benzene rings is 1. The van der Waals surface area contributed by atoms with E-state index < -0.39 is 12.1 Å². The van der Waals surface area contributed by atoms with E-state index in [0.29, 0.717) is 48.3 Å². The number of nitriles is 1. The average Bonchev–Trinajstić information content (AvgIpc) is 2.75. The van der Waals surface area contributed by atoms with Gasteiger partial charge in [0.25, 0.3) is 0 Å². The van der Waals surface area contributed by atoms with Gasteiger partial charge in [-0.25, -0.2) is 4.79 Å². The fourth-order valence-electron chi connectivity index (χ4n) is 2.64. The largest absolute Gasteiger partial charge is 0.490 e. The molecule has 0 saturated carbocycles. The van der Waals surface area contributed by atoms with Gasteiger partial charge in [-0.2, -0.15) is 23.4 Å². The lowest BCUT2D eigenvalue weighted by molar-refractivity contribution is -0.192. The highest BCUT2D eigenvalue weighted by Gasteiger charge is 2.38. The lowest BCUT2D eigenvalue weighted by Gasteiger charge is -2.23. The fraction of sp³-hybridized carbons (Fsp3) is 0.190. The van der Waals surface area contributed by atoms with Crippen molar-refractivity contribution in [1.29, 1.82) is 5.26 Å². The predicted octanol–water partition coefficient (Wildman–Crippen LogP) is 3.58. The second-order valence-electron chi connectivity index (χ2n) is 6.37. The third kappa shape index (κ3) is 5.85. The highest BCUT2D eigenvalue weighted by atomic mass is 19.4. The molecular weight excluding hydrogens is 445 g/mol. The van der Waals surface area contributed by atoms with Gasteiger partial charge in [0.15, 0.2) is 11.5 Å². The number of carboxylic acid groups (broad SMARTS) is 1. The van der Waals surface area contributed by atoms with E-state index in [-0.39, 0.29) is 17.1 Å². The van der Waals surface area contributed by atoms with Crippen LogP contribution < -0.4 is 25.7 Å². The monoisotopic (exact) mass is 464 g/mol. The number of carbonyl (C=O) groups is 1. The topological polar surface area (TPSA) is 154 Å². The molecule has 0 amide bonds. The van der Waals surface area contributed by atoms with Gasteiger partial charge in [0, 0.05) is 23.6 Å². The molecule has 1 aliphatic heterocycles. The third-order valence-electron chi connectivity index (χ3n) is 4.10. The second kappa shape index (κ2) is 10.3. The van der Waals surface area contributed by atoms with Crippen molar-refractivity contribution in [2.24, 2.45) is 0 Å². The Balaban J connectivity index is 0.000000479. The normalized spacial score (nSPS) is 11.3. The molecule has 2 aromatic rings. The zero-order valence-corrected chi connectivity index (χ0v) is 17.1. The Morgan fingerprint density at radius 2 is 1.79 bits per heavy atom. The van der Waals surface area contributed by atoms with E-state index in [1.54, 1.807) is 18.2 Å². The number of pyridine rings is 1. The lowest BCUT2D eigenvalue weighted by Crippen LogP contribution is -2.21. The van der Waals surface area contributed by atoms with Crippen LogP contribution in [0.1, 0.15) is 16.7 Å². The molecule has 5 N–H and O–H groups in total. The van der Waals surface area contributed by atoms with Crippen molar-refractivity contribution >= 4 is 17.5 Å². The molecule has 9 nitrogen and oxygen atoms in total. The molecule has 0 aliphatic carbocycles. The average molecular weight is 464 g/mol. The van der Waals surface area contributed by atoms with Gasteiger partial charge in [0.05, 0.1) is 5.69 Å². The Bertz CT molecular complexity index is 1130. The summed E-state index contributed by atoms with van der Waals surface area (Å²) >= 11 is 0. The van der Waals surface area contributed by atoms with Crippen molar-refractivity contribution < 1.29 is 37.3 Å². The molecule has 0 atom stereocenters. The summed E-state index contributed by atoms with van der Waals surface area (Å²) in [6, 6.07) is 5.53. The molecule has 33 heavy (non-hydrogen) atoms. The maximum Gasteiger partial charge on any atom is 0.490 e. The first-order valence-corrected chi connectivity index (χ1v) is 9.13. The lowest BCUT2D eigenvalue weighted by atomic mass is 9.98. The Morgan fingerprint density at radius 3 is 2.27 bits per heavy atom. The summed E-state index contributed by atoms with van der Waals surface area (Å²) < 4.78 is 48.9. The van der Waals surface area contributed by atoms with Gasteiger partial charge >= 0.3 is 12.1 Å². The van der Waals surface area contributed by atoms with Crippen LogP contribution >= 0.6 is 0 Å². The number of aromatic nitrogens is 1. The number of hydrogen-bond donors (Lipinski definition) is 3. The van der Waals surface area contributed by atoms with Gasteiger partial charge < -0.3 is 30.8 Å². The Labute approximate surface area is 186 Å². The number of carboxylic acids is 1. The van der Waals surface area contributed by atoms with Crippen molar-refractivity contribution in [3.63, 3.8) is 0 Å². The van der Waals surface area contributed by atoms with Crippen LogP contribution in [0.15, 0.2) is 37.4 Å². The van der Waals surface area contributed by atoms with Crippen molar-refractivity contribution in [3.8, 4) is 29.2 Å². The Kier molecular flexibility index (Phi) is 7.74. The first-order valence-electron chi connectivity index (χ1n) is 9.13. The van der Waals surface area contributed by atoms with E-state index in [2.05, 4.69) is 18.1 Å². The fourth-order valence-corrected chi connectivity index (χ4v) is 2.64. The maximum atomic E-state index is 10.6. The zero-order chi connectivity index (χ0) is 24.8. The second-order valence-corrected chi connectivity index (χ2v) is 6.37. The minimum absolute atomic E-state index is 0.0428. The van der Waals surface area contributed by atoms with Crippen LogP contribution in [0.3, 0.4) is 0 Å². The highest BCUT2D eigenvalue weighted by Crippen LogP contribution is 2.44. The van der Waals surface area contributed by atoms with Crippen LogP contribution in [0.2, 0.25) is 0 Å². The predicted molar refractivity (Wildman–Crippen MR) is 112 cm³/mol. The Morgan fingerprint density at radius 1 is 1.24 bits per heavy atom. The van der Waals surface area contributed by atoms with Gasteiger partial charge in [-0.3, -0.25) is 0 Å². The van der Waals surface area contributed by atoms with Crippen LogP contribution in [-0.2, 0) is 11.2 Å². The maximum absolute atomic E-state index is 10.6. The first kappa shape index (κ1) is 24.9. The van der Waals surface area contributed by atoms with Gasteiger partial charge in [0.2, 0.25) is 5.88 Å². The van der Waals surface area contributed by atoms with Crippen molar-refractivity contribution in [3.05, 3.63) is 54.1 Å². The molecular formula is C21H19F3N4O5. The molecule has 0 fully saturated rings. The van der Waals surface area contributed by atoms with Gasteiger partial charge in [0.1, 0.15) is 36.4 Å². The van der Waals surface area contributed by atoms with E-state index in [9.17, 15) is 18.4 Å². The standard InChI is InChI=1S/C19H18N4O3.C2HF3O2/c1-3-5-24-15-8-11-7-12-17(21)13(10-20)18(22)23-19(12)26-14(11)9-16(15)25-6-4-2;3-2(4,5)1(6)7/h3-4,8-9H,1-2,5-7H2,(H4,21,22,23);(H,6,7). The summed E-state index contributed by atoms with van der Waals surface area (Å²) in [4.78, 5) is 13.1. The SMILES string of the molecule is C=CCOc1cc2c(cc1OCC=C)Oc1nc(N)c(C#N)c(N)c1C2.O=C(O)C(F)(F)F. The number of nitrogens with two attached hydrogens (primary N) is 2. The van der Waals surface area contributed by atoms with E-state index in [1.165, 1.54) is 0 Å². The van der Waals surface area contributed by atoms with Crippen molar-refractivity contribution in [1.82, 2.24) is 4.98 Å². The highest BCUT2D eigenvalue weighted by molar-refractivity contribution is 5.73. The van der Waals surface area contributed by atoms with Crippen LogP contribution in [-0.4, -0.2) is 35.4 Å².